The summed E-state index contributed by atoms with van der Waals surface area (Å²) in [5.41, 5.74) is 4.55. The van der Waals surface area contributed by atoms with E-state index in [1.807, 2.05) is 36.5 Å². The average molecular weight is 338 g/mol. The third kappa shape index (κ3) is 5.08. The van der Waals surface area contributed by atoms with Crippen molar-refractivity contribution in [1.82, 2.24) is 10.3 Å². The molecule has 0 radical (unpaired) electrons. The maximum Gasteiger partial charge on any atom is 0.0570 e. The largest absolute Gasteiger partial charge is 0.354 e. The third-order valence-electron chi connectivity index (χ3n) is 3.69. The number of aromatic nitrogens is 1. The molecule has 1 heterocycles. The highest BCUT2D eigenvalue weighted by Gasteiger charge is 1.98. The van der Waals surface area contributed by atoms with Gasteiger partial charge in [-0.1, -0.05) is 35.9 Å². The molecule has 2 aromatic carbocycles. The van der Waals surface area contributed by atoms with E-state index in [4.69, 9.17) is 11.6 Å². The minimum absolute atomic E-state index is 0.793. The van der Waals surface area contributed by atoms with Crippen LogP contribution in [0.25, 0.3) is 0 Å². The van der Waals surface area contributed by atoms with E-state index in [9.17, 15) is 0 Å². The van der Waals surface area contributed by atoms with Crippen LogP contribution in [0.2, 0.25) is 5.02 Å². The molecule has 122 valence electrons. The lowest BCUT2D eigenvalue weighted by atomic mass is 10.1. The van der Waals surface area contributed by atoms with Gasteiger partial charge in [0, 0.05) is 23.5 Å². The molecule has 0 atom stereocenters. The van der Waals surface area contributed by atoms with Gasteiger partial charge in [-0.15, -0.1) is 0 Å². The maximum absolute atomic E-state index is 6.01. The highest BCUT2D eigenvalue weighted by molar-refractivity contribution is 6.30. The van der Waals surface area contributed by atoms with Crippen molar-refractivity contribution in [2.75, 3.05) is 11.9 Å². The fourth-order valence-corrected chi connectivity index (χ4v) is 2.73. The topological polar surface area (TPSA) is 37.0 Å². The lowest BCUT2D eigenvalue weighted by Gasteiger charge is -2.09. The van der Waals surface area contributed by atoms with Crippen LogP contribution in [-0.2, 0) is 13.0 Å². The number of benzene rings is 2. The van der Waals surface area contributed by atoms with Crippen LogP contribution in [0.4, 0.5) is 11.4 Å². The Labute approximate surface area is 147 Å². The lowest BCUT2D eigenvalue weighted by Crippen LogP contribution is -2.16. The highest BCUT2D eigenvalue weighted by atomic mass is 35.5. The molecule has 0 fully saturated rings. The molecule has 0 unspecified atom stereocenters. The zero-order chi connectivity index (χ0) is 16.6. The Morgan fingerprint density at radius 1 is 0.875 bits per heavy atom. The molecule has 0 bridgehead atoms. The maximum atomic E-state index is 6.01. The molecule has 3 nitrogen and oxygen atoms in total. The van der Waals surface area contributed by atoms with Crippen molar-refractivity contribution >= 4 is 23.0 Å². The summed E-state index contributed by atoms with van der Waals surface area (Å²) in [4.78, 5) is 4.11. The van der Waals surface area contributed by atoms with Crippen LogP contribution in [0.5, 0.6) is 0 Å². The summed E-state index contributed by atoms with van der Waals surface area (Å²) >= 11 is 6.01. The lowest BCUT2D eigenvalue weighted by molar-refractivity contribution is 0.687. The number of anilines is 2. The van der Waals surface area contributed by atoms with Crippen LogP contribution in [-0.4, -0.2) is 11.5 Å². The van der Waals surface area contributed by atoms with Gasteiger partial charge in [-0.05, 0) is 60.5 Å². The predicted octanol–water partition coefficient (Wildman–Crippen LogP) is 4.81. The molecule has 0 spiro atoms. The van der Waals surface area contributed by atoms with E-state index >= 15 is 0 Å². The van der Waals surface area contributed by atoms with Gasteiger partial charge >= 0.3 is 0 Å². The van der Waals surface area contributed by atoms with Gasteiger partial charge in [0.25, 0.3) is 0 Å². The molecule has 0 aliphatic heterocycles. The first-order valence-electron chi connectivity index (χ1n) is 8.01. The molecule has 1 aromatic heterocycles. The molecule has 0 saturated carbocycles. The Bertz CT molecular complexity index is 775. The minimum Gasteiger partial charge on any atom is -0.354 e. The van der Waals surface area contributed by atoms with Gasteiger partial charge in [0.2, 0.25) is 0 Å². The normalized spacial score (nSPS) is 10.5. The Morgan fingerprint density at radius 3 is 2.54 bits per heavy atom. The molecule has 0 aliphatic rings. The van der Waals surface area contributed by atoms with Gasteiger partial charge in [0.15, 0.2) is 0 Å². The molecular weight excluding hydrogens is 318 g/mol. The van der Waals surface area contributed by atoms with Gasteiger partial charge in [-0.3, -0.25) is 4.98 Å². The van der Waals surface area contributed by atoms with Crippen molar-refractivity contribution in [2.45, 2.75) is 13.0 Å². The zero-order valence-corrected chi connectivity index (χ0v) is 14.1. The van der Waals surface area contributed by atoms with Crippen LogP contribution < -0.4 is 10.6 Å². The number of hydrogen-bond acceptors (Lipinski definition) is 3. The summed E-state index contributed by atoms with van der Waals surface area (Å²) in [6, 6.07) is 20.3. The molecule has 0 amide bonds. The first-order chi connectivity index (χ1) is 11.8. The second-order valence-corrected chi connectivity index (χ2v) is 6.06. The smallest absolute Gasteiger partial charge is 0.0570 e. The SMILES string of the molecule is Clc1cccc(CCNCc2cccc(Nc3cccnc3)c2)c1. The fraction of sp³-hybridized carbons (Fsp3) is 0.150. The van der Waals surface area contributed by atoms with E-state index in [-0.39, 0.29) is 0 Å². The average Bonchev–Trinajstić information content (AvgIpc) is 2.60. The summed E-state index contributed by atoms with van der Waals surface area (Å²) in [7, 11) is 0. The van der Waals surface area contributed by atoms with E-state index in [0.29, 0.717) is 0 Å². The van der Waals surface area contributed by atoms with Gasteiger partial charge in [0.05, 0.1) is 11.9 Å². The van der Waals surface area contributed by atoms with Gasteiger partial charge < -0.3 is 10.6 Å². The van der Waals surface area contributed by atoms with E-state index < -0.39 is 0 Å². The van der Waals surface area contributed by atoms with Gasteiger partial charge in [-0.2, -0.15) is 0 Å². The van der Waals surface area contributed by atoms with Crippen molar-refractivity contribution in [3.05, 3.63) is 89.2 Å². The monoisotopic (exact) mass is 337 g/mol. The van der Waals surface area contributed by atoms with E-state index in [1.165, 1.54) is 11.1 Å². The van der Waals surface area contributed by atoms with Crippen molar-refractivity contribution in [3.63, 3.8) is 0 Å². The Morgan fingerprint density at radius 2 is 1.71 bits per heavy atom. The first kappa shape index (κ1) is 16.5. The summed E-state index contributed by atoms with van der Waals surface area (Å²) in [5.74, 6) is 0. The molecule has 3 rings (SSSR count). The van der Waals surface area contributed by atoms with Crippen molar-refractivity contribution in [3.8, 4) is 0 Å². The molecule has 0 saturated heterocycles. The van der Waals surface area contributed by atoms with E-state index in [1.54, 1.807) is 6.20 Å². The second kappa shape index (κ2) is 8.48. The van der Waals surface area contributed by atoms with Crippen LogP contribution in [0.1, 0.15) is 11.1 Å². The standard InChI is InChI=1S/C20H20ClN3/c21-18-6-1-4-16(12-18)9-11-23-14-17-5-2-7-19(13-17)24-20-8-3-10-22-15-20/h1-8,10,12-13,15,23-24H,9,11,14H2. The quantitative estimate of drug-likeness (QED) is 0.607. The van der Waals surface area contributed by atoms with Crippen molar-refractivity contribution < 1.29 is 0 Å². The molecule has 4 heteroatoms. The number of nitrogens with zero attached hydrogens (tertiary/aromatic N) is 1. The first-order valence-corrected chi connectivity index (χ1v) is 8.38. The van der Waals surface area contributed by atoms with Crippen molar-refractivity contribution in [2.24, 2.45) is 0 Å². The number of rotatable bonds is 7. The van der Waals surface area contributed by atoms with Crippen LogP contribution in [0.15, 0.2) is 73.1 Å². The van der Waals surface area contributed by atoms with Crippen molar-refractivity contribution in [1.29, 1.82) is 0 Å². The number of nitrogens with one attached hydrogen (secondary N) is 2. The summed E-state index contributed by atoms with van der Waals surface area (Å²) < 4.78 is 0. The second-order valence-electron chi connectivity index (χ2n) is 5.62. The van der Waals surface area contributed by atoms with Gasteiger partial charge in [0.1, 0.15) is 0 Å². The fourth-order valence-electron chi connectivity index (χ4n) is 2.52. The van der Waals surface area contributed by atoms with E-state index in [2.05, 4.69) is 45.9 Å². The summed E-state index contributed by atoms with van der Waals surface area (Å²) in [6.45, 7) is 1.75. The Hall–Kier alpha value is -2.36. The Balaban J connectivity index is 1.49. The number of pyridine rings is 1. The van der Waals surface area contributed by atoms with Crippen LogP contribution in [0.3, 0.4) is 0 Å². The third-order valence-corrected chi connectivity index (χ3v) is 3.92. The Kier molecular flexibility index (Phi) is 5.83. The van der Waals surface area contributed by atoms with Gasteiger partial charge in [-0.25, -0.2) is 0 Å². The molecule has 2 N–H and O–H groups in total. The van der Waals surface area contributed by atoms with Crippen LogP contribution in [0, 0.1) is 0 Å². The summed E-state index contributed by atoms with van der Waals surface area (Å²) in [6.07, 6.45) is 4.55. The molecular formula is C20H20ClN3. The highest BCUT2D eigenvalue weighted by Crippen LogP contribution is 2.16. The predicted molar refractivity (Wildman–Crippen MR) is 101 cm³/mol. The van der Waals surface area contributed by atoms with E-state index in [0.717, 1.165) is 35.9 Å². The number of hydrogen-bond donors (Lipinski definition) is 2. The van der Waals surface area contributed by atoms with Crippen LogP contribution >= 0.6 is 11.6 Å². The minimum atomic E-state index is 0.793. The number of halogens is 1. The zero-order valence-electron chi connectivity index (χ0n) is 13.4. The molecule has 24 heavy (non-hydrogen) atoms. The molecule has 3 aromatic rings. The molecule has 0 aliphatic carbocycles. The summed E-state index contributed by atoms with van der Waals surface area (Å²) in [5, 5.41) is 7.63.